The van der Waals surface area contributed by atoms with Gasteiger partial charge in [0.1, 0.15) is 0 Å². The smallest absolute Gasteiger partial charge is 0.171 e. The normalized spacial score (nSPS) is 38.3. The Kier molecular flexibility index (Phi) is 2.34. The molecule has 0 aromatic rings. The first-order valence-corrected chi connectivity index (χ1v) is 5.18. The first-order valence-electron chi connectivity index (χ1n) is 5.18. The van der Waals surface area contributed by atoms with Crippen molar-refractivity contribution in [3.8, 4) is 0 Å². The summed E-state index contributed by atoms with van der Waals surface area (Å²) in [6.45, 7) is 3.38. The van der Waals surface area contributed by atoms with Gasteiger partial charge in [0.05, 0.1) is 18.8 Å². The van der Waals surface area contributed by atoms with E-state index in [1.807, 2.05) is 6.92 Å². The zero-order chi connectivity index (χ0) is 9.36. The van der Waals surface area contributed by atoms with Crippen LogP contribution < -0.4 is 0 Å². The zero-order valence-corrected chi connectivity index (χ0v) is 8.21. The number of hydrogen-bond donors (Lipinski definition) is 1. The van der Waals surface area contributed by atoms with Crippen LogP contribution in [0.1, 0.15) is 39.0 Å². The Labute approximate surface area is 79.0 Å². The lowest BCUT2D eigenvalue weighted by Gasteiger charge is -2.41. The first-order chi connectivity index (χ1) is 6.18. The van der Waals surface area contributed by atoms with Crippen LogP contribution in [0.15, 0.2) is 0 Å². The third-order valence-corrected chi connectivity index (χ3v) is 3.27. The molecule has 1 saturated carbocycles. The van der Waals surface area contributed by atoms with Crippen LogP contribution in [0.2, 0.25) is 0 Å². The first kappa shape index (κ1) is 9.44. The SMILES string of the molecule is CCC1(O)CCCC2(C1)OCCO2. The Hall–Kier alpha value is -0.120. The maximum absolute atomic E-state index is 10.1. The van der Waals surface area contributed by atoms with E-state index in [2.05, 4.69) is 0 Å². The second-order valence-corrected chi connectivity index (χ2v) is 4.22. The third-order valence-electron chi connectivity index (χ3n) is 3.27. The van der Waals surface area contributed by atoms with Gasteiger partial charge in [-0.2, -0.15) is 0 Å². The van der Waals surface area contributed by atoms with Gasteiger partial charge in [0.15, 0.2) is 5.79 Å². The van der Waals surface area contributed by atoms with Crippen molar-refractivity contribution < 1.29 is 14.6 Å². The van der Waals surface area contributed by atoms with Crippen LogP contribution in [-0.2, 0) is 9.47 Å². The van der Waals surface area contributed by atoms with Crippen LogP contribution in [0.3, 0.4) is 0 Å². The fraction of sp³-hybridized carbons (Fsp3) is 1.00. The maximum atomic E-state index is 10.1. The number of rotatable bonds is 1. The molecule has 2 aliphatic rings. The average Bonchev–Trinajstić information content (AvgIpc) is 2.53. The van der Waals surface area contributed by atoms with E-state index in [1.165, 1.54) is 0 Å². The van der Waals surface area contributed by atoms with Gasteiger partial charge in [0.25, 0.3) is 0 Å². The Morgan fingerprint density at radius 3 is 2.54 bits per heavy atom. The topological polar surface area (TPSA) is 38.7 Å². The molecule has 13 heavy (non-hydrogen) atoms. The molecule has 76 valence electrons. The van der Waals surface area contributed by atoms with Gasteiger partial charge in [0.2, 0.25) is 0 Å². The quantitative estimate of drug-likeness (QED) is 0.673. The lowest BCUT2D eigenvalue weighted by Crippen LogP contribution is -2.46. The van der Waals surface area contributed by atoms with Crippen molar-refractivity contribution >= 4 is 0 Å². The van der Waals surface area contributed by atoms with Crippen LogP contribution in [-0.4, -0.2) is 29.7 Å². The second-order valence-electron chi connectivity index (χ2n) is 4.22. The van der Waals surface area contributed by atoms with Crippen LogP contribution >= 0.6 is 0 Å². The van der Waals surface area contributed by atoms with Gasteiger partial charge in [-0.1, -0.05) is 6.92 Å². The summed E-state index contributed by atoms with van der Waals surface area (Å²) in [5.74, 6) is -0.441. The van der Waals surface area contributed by atoms with Crippen molar-refractivity contribution in [2.45, 2.75) is 50.4 Å². The highest BCUT2D eigenvalue weighted by Gasteiger charge is 2.46. The number of aliphatic hydroxyl groups is 1. The van der Waals surface area contributed by atoms with Gasteiger partial charge < -0.3 is 14.6 Å². The summed E-state index contributed by atoms with van der Waals surface area (Å²) in [4.78, 5) is 0. The molecule has 0 amide bonds. The molecule has 1 spiro atoms. The van der Waals surface area contributed by atoms with Gasteiger partial charge in [-0.3, -0.25) is 0 Å². The van der Waals surface area contributed by atoms with Crippen molar-refractivity contribution in [2.75, 3.05) is 13.2 Å². The summed E-state index contributed by atoms with van der Waals surface area (Å²) < 4.78 is 11.2. The predicted molar refractivity (Wildman–Crippen MR) is 48.3 cm³/mol. The molecule has 0 aromatic heterocycles. The Bertz CT molecular complexity index is 187. The molecule has 1 aliphatic heterocycles. The maximum Gasteiger partial charge on any atom is 0.171 e. The van der Waals surface area contributed by atoms with E-state index in [4.69, 9.17) is 9.47 Å². The third kappa shape index (κ3) is 1.73. The van der Waals surface area contributed by atoms with E-state index in [0.29, 0.717) is 19.6 Å². The van der Waals surface area contributed by atoms with E-state index in [9.17, 15) is 5.11 Å². The molecule has 3 nitrogen and oxygen atoms in total. The van der Waals surface area contributed by atoms with Crippen molar-refractivity contribution in [1.82, 2.24) is 0 Å². The lowest BCUT2D eigenvalue weighted by atomic mass is 9.79. The minimum Gasteiger partial charge on any atom is -0.390 e. The standard InChI is InChI=1S/C10H18O3/c1-2-9(11)4-3-5-10(8-9)12-6-7-13-10/h11H,2-8H2,1H3. The van der Waals surface area contributed by atoms with Crippen molar-refractivity contribution in [2.24, 2.45) is 0 Å². The molecule has 2 fully saturated rings. The van der Waals surface area contributed by atoms with Crippen molar-refractivity contribution in [3.05, 3.63) is 0 Å². The fourth-order valence-corrected chi connectivity index (χ4v) is 2.41. The Morgan fingerprint density at radius 1 is 1.23 bits per heavy atom. The fourth-order valence-electron chi connectivity index (χ4n) is 2.41. The summed E-state index contributed by atoms with van der Waals surface area (Å²) in [5, 5.41) is 10.1. The summed E-state index contributed by atoms with van der Waals surface area (Å²) in [6.07, 6.45) is 4.27. The van der Waals surface area contributed by atoms with Crippen LogP contribution in [0, 0.1) is 0 Å². The molecule has 1 N–H and O–H groups in total. The minimum atomic E-state index is -0.553. The highest BCUT2D eigenvalue weighted by molar-refractivity contribution is 4.92. The molecule has 1 heterocycles. The molecular formula is C10H18O3. The Morgan fingerprint density at radius 2 is 1.92 bits per heavy atom. The predicted octanol–water partition coefficient (Wildman–Crippen LogP) is 1.44. The molecular weight excluding hydrogens is 168 g/mol. The number of ether oxygens (including phenoxy) is 2. The van der Waals surface area contributed by atoms with Crippen molar-refractivity contribution in [3.63, 3.8) is 0 Å². The summed E-state index contributed by atoms with van der Waals surface area (Å²) >= 11 is 0. The van der Waals surface area contributed by atoms with Crippen LogP contribution in [0.4, 0.5) is 0 Å². The highest BCUT2D eigenvalue weighted by atomic mass is 16.7. The van der Waals surface area contributed by atoms with E-state index in [1.54, 1.807) is 0 Å². The van der Waals surface area contributed by atoms with E-state index in [-0.39, 0.29) is 0 Å². The number of hydrogen-bond acceptors (Lipinski definition) is 3. The van der Waals surface area contributed by atoms with Gasteiger partial charge in [-0.15, -0.1) is 0 Å². The largest absolute Gasteiger partial charge is 0.390 e. The summed E-state index contributed by atoms with van der Waals surface area (Å²) in [7, 11) is 0. The molecule has 1 saturated heterocycles. The molecule has 2 rings (SSSR count). The molecule has 1 atom stereocenters. The average molecular weight is 186 g/mol. The van der Waals surface area contributed by atoms with Gasteiger partial charge in [-0.25, -0.2) is 0 Å². The lowest BCUT2D eigenvalue weighted by molar-refractivity contribution is -0.218. The van der Waals surface area contributed by atoms with Crippen LogP contribution in [0.25, 0.3) is 0 Å². The van der Waals surface area contributed by atoms with E-state index < -0.39 is 11.4 Å². The Balaban J connectivity index is 2.06. The monoisotopic (exact) mass is 186 g/mol. The zero-order valence-electron chi connectivity index (χ0n) is 8.21. The second kappa shape index (κ2) is 3.23. The van der Waals surface area contributed by atoms with Gasteiger partial charge in [0, 0.05) is 12.8 Å². The highest BCUT2D eigenvalue weighted by Crippen LogP contribution is 2.42. The van der Waals surface area contributed by atoms with Crippen molar-refractivity contribution in [1.29, 1.82) is 0 Å². The van der Waals surface area contributed by atoms with Crippen LogP contribution in [0.5, 0.6) is 0 Å². The van der Waals surface area contributed by atoms with Gasteiger partial charge in [-0.05, 0) is 19.3 Å². The minimum absolute atomic E-state index is 0.441. The molecule has 0 aromatic carbocycles. The summed E-state index contributed by atoms with van der Waals surface area (Å²) in [6, 6.07) is 0. The van der Waals surface area contributed by atoms with Gasteiger partial charge >= 0.3 is 0 Å². The molecule has 0 radical (unpaired) electrons. The molecule has 1 aliphatic carbocycles. The molecule has 0 bridgehead atoms. The van der Waals surface area contributed by atoms with E-state index in [0.717, 1.165) is 25.7 Å². The molecule has 1 unspecified atom stereocenters. The van der Waals surface area contributed by atoms with E-state index >= 15 is 0 Å². The summed E-state index contributed by atoms with van der Waals surface area (Å²) in [5.41, 5.74) is -0.553. The molecule has 3 heteroatoms.